The average Bonchev–Trinajstić information content (AvgIpc) is 2.45. The minimum absolute atomic E-state index is 0.214. The van der Waals surface area contributed by atoms with E-state index >= 15 is 0 Å². The Morgan fingerprint density at radius 1 is 1.57 bits per heavy atom. The predicted octanol–water partition coefficient (Wildman–Crippen LogP) is 1.89. The van der Waals surface area contributed by atoms with Crippen LogP contribution in [0.4, 0.5) is 0 Å². The van der Waals surface area contributed by atoms with Crippen molar-refractivity contribution in [2.45, 2.75) is 31.2 Å². The van der Waals surface area contributed by atoms with E-state index in [4.69, 9.17) is 5.73 Å². The molecule has 0 saturated heterocycles. The molecule has 80 valence electrons. The van der Waals surface area contributed by atoms with Gasteiger partial charge in [0.2, 0.25) is 0 Å². The molecule has 0 fully saturated rings. The van der Waals surface area contributed by atoms with Crippen molar-refractivity contribution in [3.63, 3.8) is 0 Å². The SMILES string of the molecule is Cn1ccnc1SC(CN)C(C)(C)C. The standard InChI is InChI=1S/C10H19N3S/c1-10(2,3)8(7-11)14-9-12-5-6-13(9)4/h5-6,8H,7,11H2,1-4H3. The van der Waals surface area contributed by atoms with Gasteiger partial charge in [0.1, 0.15) is 0 Å². The topological polar surface area (TPSA) is 43.8 Å². The van der Waals surface area contributed by atoms with Crippen molar-refractivity contribution < 1.29 is 0 Å². The number of imidazole rings is 1. The van der Waals surface area contributed by atoms with Gasteiger partial charge in [-0.15, -0.1) is 0 Å². The Kier molecular flexibility index (Phi) is 3.61. The lowest BCUT2D eigenvalue weighted by Gasteiger charge is -2.28. The lowest BCUT2D eigenvalue weighted by molar-refractivity contribution is 0.397. The van der Waals surface area contributed by atoms with Crippen molar-refractivity contribution in [3.8, 4) is 0 Å². The first-order chi connectivity index (χ1) is 6.45. The maximum Gasteiger partial charge on any atom is 0.168 e. The molecule has 1 heterocycles. The van der Waals surface area contributed by atoms with Gasteiger partial charge in [0.05, 0.1) is 0 Å². The van der Waals surface area contributed by atoms with E-state index in [1.807, 2.05) is 24.0 Å². The summed E-state index contributed by atoms with van der Waals surface area (Å²) < 4.78 is 2.03. The van der Waals surface area contributed by atoms with Crippen LogP contribution in [0.25, 0.3) is 0 Å². The van der Waals surface area contributed by atoms with Gasteiger partial charge >= 0.3 is 0 Å². The molecule has 1 aromatic rings. The molecule has 1 aromatic heterocycles. The number of thioether (sulfide) groups is 1. The molecule has 1 rings (SSSR count). The van der Waals surface area contributed by atoms with Crippen LogP contribution in [-0.2, 0) is 7.05 Å². The fourth-order valence-corrected chi connectivity index (χ4v) is 2.22. The molecule has 0 amide bonds. The highest BCUT2D eigenvalue weighted by Gasteiger charge is 2.25. The molecular weight excluding hydrogens is 194 g/mol. The number of rotatable bonds is 3. The predicted molar refractivity (Wildman–Crippen MR) is 61.4 cm³/mol. The molecule has 0 aliphatic rings. The van der Waals surface area contributed by atoms with Gasteiger partial charge in [0, 0.05) is 31.2 Å². The van der Waals surface area contributed by atoms with Gasteiger partial charge < -0.3 is 10.3 Å². The largest absolute Gasteiger partial charge is 0.329 e. The third kappa shape index (κ3) is 2.75. The van der Waals surface area contributed by atoms with E-state index in [2.05, 4.69) is 25.8 Å². The summed E-state index contributed by atoms with van der Waals surface area (Å²) in [7, 11) is 2.01. The van der Waals surface area contributed by atoms with Gasteiger partial charge in [-0.1, -0.05) is 32.5 Å². The molecule has 4 heteroatoms. The second-order valence-electron chi connectivity index (χ2n) is 4.53. The third-order valence-corrected chi connectivity index (χ3v) is 3.99. The fraction of sp³-hybridized carbons (Fsp3) is 0.700. The van der Waals surface area contributed by atoms with Gasteiger partial charge in [0.25, 0.3) is 0 Å². The first-order valence-electron chi connectivity index (χ1n) is 4.79. The summed E-state index contributed by atoms with van der Waals surface area (Å²) in [6.07, 6.45) is 3.77. The second kappa shape index (κ2) is 4.36. The molecule has 2 N–H and O–H groups in total. The lowest BCUT2D eigenvalue weighted by atomic mass is 9.92. The van der Waals surface area contributed by atoms with Gasteiger partial charge in [-0.3, -0.25) is 0 Å². The minimum Gasteiger partial charge on any atom is -0.329 e. The minimum atomic E-state index is 0.214. The van der Waals surface area contributed by atoms with Crippen LogP contribution in [0, 0.1) is 5.41 Å². The zero-order valence-corrected chi connectivity index (χ0v) is 10.1. The Bertz CT molecular complexity index is 288. The Morgan fingerprint density at radius 3 is 2.57 bits per heavy atom. The number of hydrogen-bond donors (Lipinski definition) is 1. The van der Waals surface area contributed by atoms with Crippen molar-refractivity contribution in [1.29, 1.82) is 0 Å². The maximum absolute atomic E-state index is 5.77. The van der Waals surface area contributed by atoms with Crippen molar-refractivity contribution >= 4 is 11.8 Å². The van der Waals surface area contributed by atoms with Crippen LogP contribution in [0.15, 0.2) is 17.6 Å². The van der Waals surface area contributed by atoms with E-state index in [-0.39, 0.29) is 5.41 Å². The van der Waals surface area contributed by atoms with Crippen molar-refractivity contribution in [2.75, 3.05) is 6.54 Å². The number of nitrogens with zero attached hydrogens (tertiary/aromatic N) is 2. The van der Waals surface area contributed by atoms with E-state index in [0.717, 1.165) is 5.16 Å². The average molecular weight is 213 g/mol. The van der Waals surface area contributed by atoms with Gasteiger partial charge in [-0.2, -0.15) is 0 Å². The van der Waals surface area contributed by atoms with E-state index in [0.29, 0.717) is 11.8 Å². The number of hydrogen-bond acceptors (Lipinski definition) is 3. The summed E-state index contributed by atoms with van der Waals surface area (Å²) in [5, 5.41) is 1.44. The van der Waals surface area contributed by atoms with Crippen LogP contribution < -0.4 is 5.73 Å². The normalized spacial score (nSPS) is 14.4. The summed E-state index contributed by atoms with van der Waals surface area (Å²) in [5.41, 5.74) is 5.98. The molecule has 0 aromatic carbocycles. The molecule has 0 saturated carbocycles. The van der Waals surface area contributed by atoms with E-state index in [9.17, 15) is 0 Å². The Labute approximate surface area is 90.1 Å². The zero-order valence-electron chi connectivity index (χ0n) is 9.32. The van der Waals surface area contributed by atoms with Crippen molar-refractivity contribution in [2.24, 2.45) is 18.2 Å². The van der Waals surface area contributed by atoms with Gasteiger partial charge in [0.15, 0.2) is 5.16 Å². The van der Waals surface area contributed by atoms with Crippen molar-refractivity contribution in [1.82, 2.24) is 9.55 Å². The molecular formula is C10H19N3S. The number of nitrogens with two attached hydrogens (primary N) is 1. The van der Waals surface area contributed by atoms with Crippen LogP contribution in [0.1, 0.15) is 20.8 Å². The van der Waals surface area contributed by atoms with Gasteiger partial charge in [-0.05, 0) is 5.41 Å². The first-order valence-corrected chi connectivity index (χ1v) is 5.67. The molecule has 14 heavy (non-hydrogen) atoms. The van der Waals surface area contributed by atoms with Gasteiger partial charge in [-0.25, -0.2) is 4.98 Å². The number of aryl methyl sites for hydroxylation is 1. The van der Waals surface area contributed by atoms with E-state index in [1.165, 1.54) is 0 Å². The quantitative estimate of drug-likeness (QED) is 0.780. The molecule has 1 unspecified atom stereocenters. The highest BCUT2D eigenvalue weighted by Crippen LogP contribution is 2.33. The highest BCUT2D eigenvalue weighted by molar-refractivity contribution is 7.99. The summed E-state index contributed by atoms with van der Waals surface area (Å²) >= 11 is 1.76. The first kappa shape index (κ1) is 11.6. The highest BCUT2D eigenvalue weighted by atomic mass is 32.2. The fourth-order valence-electron chi connectivity index (χ4n) is 1.17. The summed E-state index contributed by atoms with van der Waals surface area (Å²) in [5.74, 6) is 0. The Morgan fingerprint density at radius 2 is 2.21 bits per heavy atom. The zero-order chi connectivity index (χ0) is 10.8. The Hall–Kier alpha value is -0.480. The molecule has 0 spiro atoms. The monoisotopic (exact) mass is 213 g/mol. The van der Waals surface area contributed by atoms with E-state index < -0.39 is 0 Å². The maximum atomic E-state index is 5.77. The van der Waals surface area contributed by atoms with Crippen LogP contribution in [0.2, 0.25) is 0 Å². The molecule has 1 atom stereocenters. The number of aromatic nitrogens is 2. The van der Waals surface area contributed by atoms with Crippen LogP contribution in [0.3, 0.4) is 0 Å². The van der Waals surface area contributed by atoms with E-state index in [1.54, 1.807) is 11.8 Å². The smallest absolute Gasteiger partial charge is 0.168 e. The molecule has 0 bridgehead atoms. The summed E-state index contributed by atoms with van der Waals surface area (Å²) in [6.45, 7) is 7.31. The molecule has 3 nitrogen and oxygen atoms in total. The molecule has 0 radical (unpaired) electrons. The lowest BCUT2D eigenvalue weighted by Crippen LogP contribution is -2.31. The Balaban J connectivity index is 2.71. The van der Waals surface area contributed by atoms with Crippen LogP contribution in [0.5, 0.6) is 0 Å². The summed E-state index contributed by atoms with van der Waals surface area (Å²) in [4.78, 5) is 4.29. The third-order valence-electron chi connectivity index (χ3n) is 2.20. The summed E-state index contributed by atoms with van der Waals surface area (Å²) in [6, 6.07) is 0. The second-order valence-corrected chi connectivity index (χ2v) is 5.70. The molecule has 0 aliphatic heterocycles. The van der Waals surface area contributed by atoms with Crippen LogP contribution in [-0.4, -0.2) is 21.3 Å². The van der Waals surface area contributed by atoms with Crippen LogP contribution >= 0.6 is 11.8 Å². The molecule has 0 aliphatic carbocycles. The van der Waals surface area contributed by atoms with Crippen molar-refractivity contribution in [3.05, 3.63) is 12.4 Å².